The minimum absolute atomic E-state index is 0.285. The molecule has 2 rings (SSSR count). The second kappa shape index (κ2) is 4.98. The molecule has 0 saturated heterocycles. The zero-order chi connectivity index (χ0) is 12.4. The molecule has 2 aromatic carbocycles. The lowest BCUT2D eigenvalue weighted by atomic mass is 9.97. The summed E-state index contributed by atoms with van der Waals surface area (Å²) in [6.07, 6.45) is -0.729. The van der Waals surface area contributed by atoms with Gasteiger partial charge in [0.2, 0.25) is 0 Å². The summed E-state index contributed by atoms with van der Waals surface area (Å²) < 4.78 is 13.9. The maximum atomic E-state index is 13.0. The van der Waals surface area contributed by atoms with Crippen molar-refractivity contribution in [3.05, 3.63) is 69.4 Å². The second-order valence-electron chi connectivity index (χ2n) is 3.96. The lowest BCUT2D eigenvalue weighted by Gasteiger charge is -2.14. The van der Waals surface area contributed by atoms with E-state index in [2.05, 4.69) is 15.9 Å². The predicted octanol–water partition coefficient (Wildman–Crippen LogP) is 3.98. The fourth-order valence-corrected chi connectivity index (χ4v) is 2.22. The summed E-state index contributed by atoms with van der Waals surface area (Å²) in [7, 11) is 0. The number of aliphatic hydroxyl groups excluding tert-OH is 1. The van der Waals surface area contributed by atoms with E-state index >= 15 is 0 Å². The molecule has 3 heteroatoms. The van der Waals surface area contributed by atoms with Gasteiger partial charge in [-0.25, -0.2) is 4.39 Å². The number of aliphatic hydroxyl groups is 1. The average molecular weight is 295 g/mol. The zero-order valence-electron chi connectivity index (χ0n) is 9.32. The molecule has 2 aromatic rings. The van der Waals surface area contributed by atoms with E-state index in [1.807, 2.05) is 24.3 Å². The molecule has 0 fully saturated rings. The van der Waals surface area contributed by atoms with Gasteiger partial charge < -0.3 is 5.11 Å². The van der Waals surface area contributed by atoms with Crippen LogP contribution in [-0.4, -0.2) is 5.11 Å². The molecule has 0 aliphatic carbocycles. The second-order valence-corrected chi connectivity index (χ2v) is 4.87. The van der Waals surface area contributed by atoms with E-state index in [0.717, 1.165) is 21.2 Å². The Morgan fingerprint density at radius 1 is 1.18 bits per heavy atom. The molecule has 1 N–H and O–H groups in total. The molecule has 0 heterocycles. The van der Waals surface area contributed by atoms with Gasteiger partial charge >= 0.3 is 0 Å². The van der Waals surface area contributed by atoms with Crippen molar-refractivity contribution in [1.82, 2.24) is 0 Å². The maximum Gasteiger partial charge on any atom is 0.123 e. The van der Waals surface area contributed by atoms with Crippen LogP contribution in [0.3, 0.4) is 0 Å². The molecule has 1 nitrogen and oxygen atoms in total. The van der Waals surface area contributed by atoms with Crippen molar-refractivity contribution in [3.63, 3.8) is 0 Å². The number of rotatable bonds is 2. The van der Waals surface area contributed by atoms with Crippen LogP contribution in [0, 0.1) is 12.7 Å². The van der Waals surface area contributed by atoms with E-state index in [9.17, 15) is 9.50 Å². The molecule has 0 amide bonds. The molecular formula is C14H12BrFO. The third-order valence-corrected chi connectivity index (χ3v) is 3.18. The molecule has 17 heavy (non-hydrogen) atoms. The molecule has 0 saturated carbocycles. The molecular weight excluding hydrogens is 283 g/mol. The Labute approximate surface area is 108 Å². The van der Waals surface area contributed by atoms with Gasteiger partial charge in [0.1, 0.15) is 11.9 Å². The number of aryl methyl sites for hydroxylation is 1. The van der Waals surface area contributed by atoms with E-state index in [1.165, 1.54) is 12.1 Å². The van der Waals surface area contributed by atoms with Gasteiger partial charge in [0.25, 0.3) is 0 Å². The van der Waals surface area contributed by atoms with E-state index in [-0.39, 0.29) is 5.82 Å². The van der Waals surface area contributed by atoms with Gasteiger partial charge in [-0.1, -0.05) is 34.1 Å². The van der Waals surface area contributed by atoms with Crippen molar-refractivity contribution in [2.75, 3.05) is 0 Å². The van der Waals surface area contributed by atoms with Crippen molar-refractivity contribution in [2.24, 2.45) is 0 Å². The molecule has 0 aliphatic rings. The van der Waals surface area contributed by atoms with Gasteiger partial charge in [-0.15, -0.1) is 0 Å². The first-order valence-corrected chi connectivity index (χ1v) is 6.07. The molecule has 0 bridgehead atoms. The highest BCUT2D eigenvalue weighted by molar-refractivity contribution is 9.10. The van der Waals surface area contributed by atoms with Crippen LogP contribution in [0.5, 0.6) is 0 Å². The number of hydrogen-bond acceptors (Lipinski definition) is 1. The summed E-state index contributed by atoms with van der Waals surface area (Å²) in [5.41, 5.74) is 2.26. The highest BCUT2D eigenvalue weighted by Gasteiger charge is 2.13. The molecule has 0 aromatic heterocycles. The Morgan fingerprint density at radius 3 is 2.59 bits per heavy atom. The third-order valence-electron chi connectivity index (χ3n) is 2.69. The minimum atomic E-state index is -0.729. The van der Waals surface area contributed by atoms with Crippen LogP contribution in [0.1, 0.15) is 22.8 Å². The molecule has 0 spiro atoms. The van der Waals surface area contributed by atoms with E-state index in [0.29, 0.717) is 0 Å². The normalized spacial score (nSPS) is 12.5. The van der Waals surface area contributed by atoms with Crippen molar-refractivity contribution in [2.45, 2.75) is 13.0 Å². The first-order valence-electron chi connectivity index (χ1n) is 5.27. The summed E-state index contributed by atoms with van der Waals surface area (Å²) in [5.74, 6) is -0.285. The van der Waals surface area contributed by atoms with Crippen LogP contribution in [0.25, 0.3) is 0 Å². The van der Waals surface area contributed by atoms with Gasteiger partial charge in [-0.2, -0.15) is 0 Å². The van der Waals surface area contributed by atoms with Crippen molar-refractivity contribution < 1.29 is 9.50 Å². The summed E-state index contributed by atoms with van der Waals surface area (Å²) in [4.78, 5) is 0. The summed E-state index contributed by atoms with van der Waals surface area (Å²) in [5, 5.41) is 10.2. The minimum Gasteiger partial charge on any atom is -0.384 e. The van der Waals surface area contributed by atoms with Crippen LogP contribution in [-0.2, 0) is 0 Å². The smallest absolute Gasteiger partial charge is 0.123 e. The number of benzene rings is 2. The lowest BCUT2D eigenvalue weighted by Crippen LogP contribution is -2.02. The molecule has 1 unspecified atom stereocenters. The van der Waals surface area contributed by atoms with Gasteiger partial charge in [0.05, 0.1) is 0 Å². The Morgan fingerprint density at radius 2 is 1.94 bits per heavy atom. The van der Waals surface area contributed by atoms with Gasteiger partial charge in [-0.05, 0) is 47.9 Å². The monoisotopic (exact) mass is 294 g/mol. The summed E-state index contributed by atoms with van der Waals surface area (Å²) >= 11 is 3.36. The predicted molar refractivity (Wildman–Crippen MR) is 69.3 cm³/mol. The Bertz CT molecular complexity index is 539. The quantitative estimate of drug-likeness (QED) is 0.888. The lowest BCUT2D eigenvalue weighted by molar-refractivity contribution is 0.219. The largest absolute Gasteiger partial charge is 0.384 e. The summed E-state index contributed by atoms with van der Waals surface area (Å²) in [6.45, 7) is 1.79. The van der Waals surface area contributed by atoms with Crippen LogP contribution < -0.4 is 0 Å². The maximum absolute atomic E-state index is 13.0. The summed E-state index contributed by atoms with van der Waals surface area (Å²) in [6, 6.07) is 11.9. The molecule has 88 valence electrons. The van der Waals surface area contributed by atoms with Crippen LogP contribution in [0.15, 0.2) is 46.9 Å². The van der Waals surface area contributed by atoms with Crippen molar-refractivity contribution >= 4 is 15.9 Å². The first kappa shape index (κ1) is 12.3. The number of halogens is 2. The Balaban J connectivity index is 2.40. The standard InChI is InChI=1S/C14H12BrFO/c1-9-7-12(16)5-6-13(9)14(17)10-3-2-4-11(15)8-10/h2-8,14,17H,1H3. The fraction of sp³-hybridized carbons (Fsp3) is 0.143. The van der Waals surface area contributed by atoms with E-state index < -0.39 is 6.10 Å². The van der Waals surface area contributed by atoms with Gasteiger partial charge in [0, 0.05) is 4.47 Å². The number of hydrogen-bond donors (Lipinski definition) is 1. The van der Waals surface area contributed by atoms with Gasteiger partial charge in [-0.3, -0.25) is 0 Å². The average Bonchev–Trinajstić information content (AvgIpc) is 2.28. The van der Waals surface area contributed by atoms with E-state index in [1.54, 1.807) is 13.0 Å². The molecule has 0 aliphatic heterocycles. The Kier molecular flexibility index (Phi) is 3.60. The molecule has 0 radical (unpaired) electrons. The SMILES string of the molecule is Cc1cc(F)ccc1C(O)c1cccc(Br)c1. The highest BCUT2D eigenvalue weighted by Crippen LogP contribution is 2.26. The van der Waals surface area contributed by atoms with Gasteiger partial charge in [0.15, 0.2) is 0 Å². The van der Waals surface area contributed by atoms with Crippen LogP contribution in [0.2, 0.25) is 0 Å². The van der Waals surface area contributed by atoms with Crippen molar-refractivity contribution in [3.8, 4) is 0 Å². The topological polar surface area (TPSA) is 20.2 Å². The van der Waals surface area contributed by atoms with E-state index in [4.69, 9.17) is 0 Å². The third kappa shape index (κ3) is 2.73. The fourth-order valence-electron chi connectivity index (χ4n) is 1.80. The van der Waals surface area contributed by atoms with Crippen molar-refractivity contribution in [1.29, 1.82) is 0 Å². The van der Waals surface area contributed by atoms with Crippen LogP contribution in [0.4, 0.5) is 4.39 Å². The molecule has 1 atom stereocenters. The highest BCUT2D eigenvalue weighted by atomic mass is 79.9. The Hall–Kier alpha value is -1.19. The van der Waals surface area contributed by atoms with Crippen LogP contribution >= 0.6 is 15.9 Å². The zero-order valence-corrected chi connectivity index (χ0v) is 10.9. The first-order chi connectivity index (χ1) is 8.08.